The number of nitrogens with zero attached hydrogens (tertiary/aromatic N) is 2. The Morgan fingerprint density at radius 1 is 1.07 bits per heavy atom. The highest BCUT2D eigenvalue weighted by molar-refractivity contribution is 8.15. The van der Waals surface area contributed by atoms with Crippen LogP contribution in [0, 0.1) is 6.92 Å². The van der Waals surface area contributed by atoms with Crippen LogP contribution in [0.2, 0.25) is 0 Å². The SMILES string of the molecule is Cc1ccccc1NC(=O)C[C@@H]1SC(=Nc2ccccc2)N(C2CCCCC2)C1=O. The van der Waals surface area contributed by atoms with E-state index < -0.39 is 5.25 Å². The minimum atomic E-state index is -0.432. The number of thioether (sulfide) groups is 1. The summed E-state index contributed by atoms with van der Waals surface area (Å²) in [5.74, 6) is -0.124. The first-order valence-corrected chi connectivity index (χ1v) is 11.5. The molecule has 2 fully saturated rings. The van der Waals surface area contributed by atoms with Gasteiger partial charge < -0.3 is 5.32 Å². The van der Waals surface area contributed by atoms with Crippen LogP contribution in [-0.4, -0.2) is 33.2 Å². The van der Waals surface area contributed by atoms with Crippen LogP contribution in [0.1, 0.15) is 44.1 Å². The molecule has 156 valence electrons. The number of hydrogen-bond acceptors (Lipinski definition) is 4. The molecule has 0 bridgehead atoms. The number of amidine groups is 1. The summed E-state index contributed by atoms with van der Waals surface area (Å²) in [5.41, 5.74) is 2.63. The average Bonchev–Trinajstić information content (AvgIpc) is 3.05. The van der Waals surface area contributed by atoms with Gasteiger partial charge in [-0.2, -0.15) is 0 Å². The van der Waals surface area contributed by atoms with E-state index in [4.69, 9.17) is 4.99 Å². The van der Waals surface area contributed by atoms with Crippen molar-refractivity contribution in [3.8, 4) is 0 Å². The van der Waals surface area contributed by atoms with E-state index >= 15 is 0 Å². The Bertz CT molecular complexity index is 938. The van der Waals surface area contributed by atoms with Crippen molar-refractivity contribution in [1.82, 2.24) is 4.90 Å². The van der Waals surface area contributed by atoms with Gasteiger partial charge in [0.05, 0.1) is 5.69 Å². The maximum Gasteiger partial charge on any atom is 0.242 e. The third-order valence-electron chi connectivity index (χ3n) is 5.68. The molecule has 4 rings (SSSR count). The molecule has 0 radical (unpaired) electrons. The Kier molecular flexibility index (Phi) is 6.53. The smallest absolute Gasteiger partial charge is 0.242 e. The van der Waals surface area contributed by atoms with Gasteiger partial charge in [-0.15, -0.1) is 0 Å². The van der Waals surface area contributed by atoms with Crippen LogP contribution in [-0.2, 0) is 9.59 Å². The molecule has 1 saturated carbocycles. The van der Waals surface area contributed by atoms with Gasteiger partial charge in [0.15, 0.2) is 5.17 Å². The van der Waals surface area contributed by atoms with Gasteiger partial charge in [-0.05, 0) is 43.5 Å². The molecule has 6 heteroatoms. The summed E-state index contributed by atoms with van der Waals surface area (Å²) in [5, 5.41) is 3.25. The zero-order chi connectivity index (χ0) is 20.9. The third-order valence-corrected chi connectivity index (χ3v) is 6.83. The predicted octanol–water partition coefficient (Wildman–Crippen LogP) is 5.29. The van der Waals surface area contributed by atoms with E-state index in [-0.39, 0.29) is 24.3 Å². The fraction of sp³-hybridized carbons (Fsp3) is 0.375. The molecule has 0 unspecified atom stereocenters. The Morgan fingerprint density at radius 3 is 2.50 bits per heavy atom. The molecule has 1 heterocycles. The highest BCUT2D eigenvalue weighted by Gasteiger charge is 2.42. The van der Waals surface area contributed by atoms with E-state index in [1.54, 1.807) is 0 Å². The largest absolute Gasteiger partial charge is 0.326 e. The molecule has 0 aromatic heterocycles. The van der Waals surface area contributed by atoms with E-state index in [0.29, 0.717) is 0 Å². The zero-order valence-electron chi connectivity index (χ0n) is 17.2. The average molecular weight is 422 g/mol. The van der Waals surface area contributed by atoms with Crippen molar-refractivity contribution in [2.75, 3.05) is 5.32 Å². The predicted molar refractivity (Wildman–Crippen MR) is 123 cm³/mol. The minimum Gasteiger partial charge on any atom is -0.326 e. The van der Waals surface area contributed by atoms with Crippen molar-refractivity contribution in [1.29, 1.82) is 0 Å². The fourth-order valence-corrected chi connectivity index (χ4v) is 5.28. The highest BCUT2D eigenvalue weighted by Crippen LogP contribution is 2.36. The summed E-state index contributed by atoms with van der Waals surface area (Å²) < 4.78 is 0. The van der Waals surface area contributed by atoms with Crippen molar-refractivity contribution in [3.63, 3.8) is 0 Å². The first-order valence-electron chi connectivity index (χ1n) is 10.6. The molecule has 2 aliphatic rings. The quantitative estimate of drug-likeness (QED) is 0.714. The second kappa shape index (κ2) is 9.47. The number of carbonyl (C=O) groups is 2. The van der Waals surface area contributed by atoms with Gasteiger partial charge in [-0.25, -0.2) is 4.99 Å². The Hall–Kier alpha value is -2.60. The second-order valence-corrected chi connectivity index (χ2v) is 9.07. The fourth-order valence-electron chi connectivity index (χ4n) is 4.06. The zero-order valence-corrected chi connectivity index (χ0v) is 18.0. The molecule has 1 atom stereocenters. The molecule has 2 aromatic carbocycles. The summed E-state index contributed by atoms with van der Waals surface area (Å²) in [7, 11) is 0. The van der Waals surface area contributed by atoms with E-state index in [9.17, 15) is 9.59 Å². The first kappa shape index (κ1) is 20.7. The van der Waals surface area contributed by atoms with Gasteiger partial charge in [0.25, 0.3) is 0 Å². The van der Waals surface area contributed by atoms with Gasteiger partial charge in [-0.1, -0.05) is 67.4 Å². The van der Waals surface area contributed by atoms with Crippen molar-refractivity contribution in [2.24, 2.45) is 4.99 Å². The monoisotopic (exact) mass is 421 g/mol. The Morgan fingerprint density at radius 2 is 1.77 bits per heavy atom. The molecule has 30 heavy (non-hydrogen) atoms. The first-order chi connectivity index (χ1) is 14.6. The van der Waals surface area contributed by atoms with Gasteiger partial charge >= 0.3 is 0 Å². The minimum absolute atomic E-state index is 0.0153. The summed E-state index contributed by atoms with van der Waals surface area (Å²) in [6.45, 7) is 1.96. The van der Waals surface area contributed by atoms with Crippen molar-refractivity contribution < 1.29 is 9.59 Å². The van der Waals surface area contributed by atoms with Crippen molar-refractivity contribution in [3.05, 3.63) is 60.2 Å². The number of benzene rings is 2. The number of para-hydroxylation sites is 2. The number of nitrogens with one attached hydrogen (secondary N) is 1. The van der Waals surface area contributed by atoms with E-state index in [2.05, 4.69) is 5.32 Å². The van der Waals surface area contributed by atoms with E-state index in [1.165, 1.54) is 18.2 Å². The lowest BCUT2D eigenvalue weighted by atomic mass is 9.94. The van der Waals surface area contributed by atoms with Crippen LogP contribution in [0.4, 0.5) is 11.4 Å². The molecule has 1 aliphatic heterocycles. The van der Waals surface area contributed by atoms with Crippen LogP contribution in [0.25, 0.3) is 0 Å². The molecular formula is C24H27N3O2S. The standard InChI is InChI=1S/C24H27N3O2S/c1-17-10-8-9-15-20(17)26-22(28)16-21-23(29)27(19-13-6-3-7-14-19)24(30-21)25-18-11-4-2-5-12-18/h2,4-5,8-12,15,19,21H,3,6-7,13-14,16H2,1H3,(H,26,28)/t21-/m0/s1. The normalized spacial score (nSPS) is 21.2. The summed E-state index contributed by atoms with van der Waals surface area (Å²) in [4.78, 5) is 32.6. The van der Waals surface area contributed by atoms with Gasteiger partial charge in [0, 0.05) is 18.2 Å². The van der Waals surface area contributed by atoms with Crippen molar-refractivity contribution >= 4 is 40.1 Å². The number of hydrogen-bond donors (Lipinski definition) is 1. The second-order valence-electron chi connectivity index (χ2n) is 7.90. The number of aryl methyl sites for hydroxylation is 1. The third kappa shape index (κ3) is 4.75. The molecule has 0 spiro atoms. The Balaban J connectivity index is 1.52. The molecule has 1 N–H and O–H groups in total. The molecule has 1 saturated heterocycles. The lowest BCUT2D eigenvalue weighted by Crippen LogP contribution is -2.42. The number of amides is 2. The molecule has 5 nitrogen and oxygen atoms in total. The summed E-state index contributed by atoms with van der Waals surface area (Å²) in [6.07, 6.45) is 5.64. The maximum absolute atomic E-state index is 13.3. The maximum atomic E-state index is 13.3. The number of aliphatic imine (C=N–C) groups is 1. The molecule has 1 aliphatic carbocycles. The van der Waals surface area contributed by atoms with E-state index in [0.717, 1.165) is 47.8 Å². The molecular weight excluding hydrogens is 394 g/mol. The van der Waals surface area contributed by atoms with Gasteiger partial charge in [-0.3, -0.25) is 14.5 Å². The van der Waals surface area contributed by atoms with Crippen LogP contribution >= 0.6 is 11.8 Å². The highest BCUT2D eigenvalue weighted by atomic mass is 32.2. The van der Waals surface area contributed by atoms with Crippen LogP contribution in [0.3, 0.4) is 0 Å². The molecule has 2 aromatic rings. The lowest BCUT2D eigenvalue weighted by Gasteiger charge is -2.30. The number of rotatable bonds is 5. The van der Waals surface area contributed by atoms with Crippen molar-refractivity contribution in [2.45, 2.75) is 56.7 Å². The lowest BCUT2D eigenvalue weighted by molar-refractivity contribution is -0.130. The van der Waals surface area contributed by atoms with Gasteiger partial charge in [0.2, 0.25) is 11.8 Å². The summed E-state index contributed by atoms with van der Waals surface area (Å²) in [6, 6.07) is 17.6. The topological polar surface area (TPSA) is 61.8 Å². The molecule has 2 amide bonds. The van der Waals surface area contributed by atoms with E-state index in [1.807, 2.05) is 66.4 Å². The Labute approximate surface area is 182 Å². The summed E-state index contributed by atoms with van der Waals surface area (Å²) >= 11 is 1.42. The van der Waals surface area contributed by atoms with Crippen LogP contribution < -0.4 is 5.32 Å². The number of anilines is 1. The van der Waals surface area contributed by atoms with Crippen LogP contribution in [0.5, 0.6) is 0 Å². The van der Waals surface area contributed by atoms with Gasteiger partial charge in [0.1, 0.15) is 5.25 Å². The number of carbonyl (C=O) groups excluding carboxylic acids is 2. The van der Waals surface area contributed by atoms with Crippen LogP contribution in [0.15, 0.2) is 59.6 Å².